The number of nitrogens with one attached hydrogen (secondary N) is 1. The number of carbonyl (C=O) groups excluding carboxylic acids is 3. The lowest BCUT2D eigenvalue weighted by molar-refractivity contribution is -0.143. The highest BCUT2D eigenvalue weighted by atomic mass is 16.6. The van der Waals surface area contributed by atoms with Crippen molar-refractivity contribution in [2.24, 2.45) is 0 Å². The summed E-state index contributed by atoms with van der Waals surface area (Å²) in [5, 5.41) is 2.91. The number of hydrogen-bond acceptors (Lipinski definition) is 6. The van der Waals surface area contributed by atoms with Crippen LogP contribution >= 0.6 is 0 Å². The van der Waals surface area contributed by atoms with Gasteiger partial charge in [0.2, 0.25) is 17.9 Å². The van der Waals surface area contributed by atoms with E-state index in [4.69, 9.17) is 9.47 Å². The lowest BCUT2D eigenvalue weighted by Gasteiger charge is -2.36. The third kappa shape index (κ3) is 4.84. The first kappa shape index (κ1) is 22.2. The van der Waals surface area contributed by atoms with E-state index in [1.165, 1.54) is 0 Å². The highest BCUT2D eigenvalue weighted by Gasteiger charge is 2.33. The monoisotopic (exact) mass is 464 g/mol. The SMILES string of the molecule is O=C(CN1CCN(C(=O)C2COc3ccccc3O2)CC1)Nc1ccc(N2CCCC2=O)cc1. The van der Waals surface area contributed by atoms with Crippen LogP contribution in [0.25, 0.3) is 0 Å². The zero-order valence-corrected chi connectivity index (χ0v) is 18.9. The number of para-hydroxylation sites is 2. The lowest BCUT2D eigenvalue weighted by Crippen LogP contribution is -2.54. The topological polar surface area (TPSA) is 91.4 Å². The summed E-state index contributed by atoms with van der Waals surface area (Å²) in [5.74, 6) is 1.19. The second-order valence-electron chi connectivity index (χ2n) is 8.71. The zero-order valence-electron chi connectivity index (χ0n) is 18.9. The number of benzene rings is 2. The molecule has 2 saturated heterocycles. The Labute approximate surface area is 198 Å². The smallest absolute Gasteiger partial charge is 0.267 e. The van der Waals surface area contributed by atoms with Crippen molar-refractivity contribution in [1.82, 2.24) is 9.80 Å². The minimum atomic E-state index is -0.649. The molecule has 9 nitrogen and oxygen atoms in total. The Kier molecular flexibility index (Phi) is 6.35. The minimum absolute atomic E-state index is 0.0878. The number of carbonyl (C=O) groups is 3. The van der Waals surface area contributed by atoms with Gasteiger partial charge in [0.05, 0.1) is 6.54 Å². The average Bonchev–Trinajstić information content (AvgIpc) is 3.30. The first-order valence-electron chi connectivity index (χ1n) is 11.7. The number of fused-ring (bicyclic) bond motifs is 1. The van der Waals surface area contributed by atoms with E-state index in [-0.39, 0.29) is 30.9 Å². The van der Waals surface area contributed by atoms with Gasteiger partial charge in [-0.1, -0.05) is 12.1 Å². The molecule has 1 N–H and O–H groups in total. The van der Waals surface area contributed by atoms with Crippen LogP contribution in [0.5, 0.6) is 11.5 Å². The maximum absolute atomic E-state index is 12.9. The fourth-order valence-electron chi connectivity index (χ4n) is 4.52. The minimum Gasteiger partial charge on any atom is -0.485 e. The Bertz CT molecular complexity index is 1070. The molecule has 0 aromatic heterocycles. The Hall–Kier alpha value is -3.59. The van der Waals surface area contributed by atoms with Crippen LogP contribution in [0.3, 0.4) is 0 Å². The molecule has 3 amide bonds. The van der Waals surface area contributed by atoms with Crippen molar-refractivity contribution >= 4 is 29.1 Å². The van der Waals surface area contributed by atoms with Crippen LogP contribution in [0, 0.1) is 0 Å². The molecular formula is C25H28N4O5. The number of hydrogen-bond donors (Lipinski definition) is 1. The van der Waals surface area contributed by atoms with E-state index in [2.05, 4.69) is 5.32 Å². The van der Waals surface area contributed by atoms with E-state index in [1.54, 1.807) is 15.9 Å². The fraction of sp³-hybridized carbons (Fsp3) is 0.400. The van der Waals surface area contributed by atoms with Gasteiger partial charge in [-0.15, -0.1) is 0 Å². The standard InChI is InChI=1S/C25H28N4O5/c30-23(26-18-7-9-19(10-8-18)29-11-3-6-24(29)31)16-27-12-14-28(15-13-27)25(32)22-17-33-20-4-1-2-5-21(20)34-22/h1-2,4-5,7-10,22H,3,6,11-17H2,(H,26,30). The third-order valence-corrected chi connectivity index (χ3v) is 6.37. The molecule has 2 aromatic rings. The Morgan fingerprint density at radius 2 is 1.68 bits per heavy atom. The molecule has 1 unspecified atom stereocenters. The molecule has 5 rings (SSSR count). The van der Waals surface area contributed by atoms with E-state index in [0.29, 0.717) is 49.8 Å². The van der Waals surface area contributed by atoms with Crippen molar-refractivity contribution in [2.45, 2.75) is 18.9 Å². The molecule has 0 spiro atoms. The highest BCUT2D eigenvalue weighted by Crippen LogP contribution is 2.31. The van der Waals surface area contributed by atoms with Crippen molar-refractivity contribution in [3.63, 3.8) is 0 Å². The number of piperazine rings is 1. The normalized spacial score (nSPS) is 20.4. The first-order chi connectivity index (χ1) is 16.6. The van der Waals surface area contributed by atoms with Crippen LogP contribution in [0.4, 0.5) is 11.4 Å². The highest BCUT2D eigenvalue weighted by molar-refractivity contribution is 5.96. The molecule has 3 aliphatic rings. The van der Waals surface area contributed by atoms with Crippen molar-refractivity contribution < 1.29 is 23.9 Å². The predicted octanol–water partition coefficient (Wildman–Crippen LogP) is 1.74. The third-order valence-electron chi connectivity index (χ3n) is 6.37. The number of amides is 3. The van der Waals surface area contributed by atoms with Gasteiger partial charge in [0.1, 0.15) is 6.61 Å². The van der Waals surface area contributed by atoms with E-state index in [1.807, 2.05) is 47.4 Å². The molecule has 178 valence electrons. The molecule has 0 radical (unpaired) electrons. The van der Waals surface area contributed by atoms with Crippen molar-refractivity contribution in [3.8, 4) is 11.5 Å². The van der Waals surface area contributed by atoms with Gasteiger partial charge in [-0.2, -0.15) is 0 Å². The first-order valence-corrected chi connectivity index (χ1v) is 11.7. The summed E-state index contributed by atoms with van der Waals surface area (Å²) in [6.07, 6.45) is 0.821. The average molecular weight is 465 g/mol. The van der Waals surface area contributed by atoms with Crippen LogP contribution in [0.1, 0.15) is 12.8 Å². The van der Waals surface area contributed by atoms with Gasteiger partial charge in [-0.25, -0.2) is 0 Å². The van der Waals surface area contributed by atoms with Gasteiger partial charge in [0, 0.05) is 50.5 Å². The number of rotatable bonds is 5. The van der Waals surface area contributed by atoms with Gasteiger partial charge in [0.15, 0.2) is 11.5 Å². The fourth-order valence-corrected chi connectivity index (χ4v) is 4.52. The number of ether oxygens (including phenoxy) is 2. The molecule has 0 aliphatic carbocycles. The van der Waals surface area contributed by atoms with Gasteiger partial charge < -0.3 is 24.6 Å². The van der Waals surface area contributed by atoms with Crippen LogP contribution in [0.2, 0.25) is 0 Å². The van der Waals surface area contributed by atoms with Gasteiger partial charge in [-0.3, -0.25) is 19.3 Å². The molecule has 2 aromatic carbocycles. The second kappa shape index (κ2) is 9.72. The molecule has 3 heterocycles. The molecule has 3 aliphatic heterocycles. The van der Waals surface area contributed by atoms with Crippen LogP contribution in [-0.4, -0.2) is 79.5 Å². The summed E-state index contributed by atoms with van der Waals surface area (Å²) in [4.78, 5) is 42.8. The van der Waals surface area contributed by atoms with E-state index < -0.39 is 6.10 Å². The van der Waals surface area contributed by atoms with Crippen molar-refractivity contribution in [2.75, 3.05) is 56.1 Å². The van der Waals surface area contributed by atoms with E-state index in [0.717, 1.165) is 18.7 Å². The summed E-state index contributed by atoms with van der Waals surface area (Å²) in [6, 6.07) is 14.7. The Balaban J connectivity index is 1.07. The van der Waals surface area contributed by atoms with Crippen LogP contribution in [0.15, 0.2) is 48.5 Å². The Morgan fingerprint density at radius 3 is 2.38 bits per heavy atom. The zero-order chi connectivity index (χ0) is 23.5. The van der Waals surface area contributed by atoms with Gasteiger partial charge in [0.25, 0.3) is 5.91 Å². The summed E-state index contributed by atoms with van der Waals surface area (Å²) in [5.41, 5.74) is 1.56. The summed E-state index contributed by atoms with van der Waals surface area (Å²) in [7, 11) is 0. The molecular weight excluding hydrogens is 436 g/mol. The van der Waals surface area contributed by atoms with E-state index >= 15 is 0 Å². The quantitative estimate of drug-likeness (QED) is 0.725. The number of nitrogens with zero attached hydrogens (tertiary/aromatic N) is 3. The molecule has 1 atom stereocenters. The number of anilines is 2. The molecule has 2 fully saturated rings. The van der Waals surface area contributed by atoms with E-state index in [9.17, 15) is 14.4 Å². The van der Waals surface area contributed by atoms with Crippen LogP contribution < -0.4 is 19.7 Å². The van der Waals surface area contributed by atoms with Crippen LogP contribution in [-0.2, 0) is 14.4 Å². The molecule has 34 heavy (non-hydrogen) atoms. The molecule has 0 bridgehead atoms. The lowest BCUT2D eigenvalue weighted by atomic mass is 10.2. The maximum Gasteiger partial charge on any atom is 0.267 e. The maximum atomic E-state index is 12.9. The summed E-state index contributed by atoms with van der Waals surface area (Å²) >= 11 is 0. The predicted molar refractivity (Wildman–Crippen MR) is 126 cm³/mol. The van der Waals surface area contributed by atoms with Crippen molar-refractivity contribution in [3.05, 3.63) is 48.5 Å². The van der Waals surface area contributed by atoms with Crippen molar-refractivity contribution in [1.29, 1.82) is 0 Å². The largest absolute Gasteiger partial charge is 0.485 e. The summed E-state index contributed by atoms with van der Waals surface area (Å²) < 4.78 is 11.5. The Morgan fingerprint density at radius 1 is 0.941 bits per heavy atom. The van der Waals surface area contributed by atoms with Gasteiger partial charge in [-0.05, 0) is 42.8 Å². The molecule has 9 heteroatoms. The second-order valence-corrected chi connectivity index (χ2v) is 8.71. The van der Waals surface area contributed by atoms with Gasteiger partial charge >= 0.3 is 0 Å². The molecule has 0 saturated carbocycles. The summed E-state index contributed by atoms with van der Waals surface area (Å²) in [6.45, 7) is 3.48.